The van der Waals surface area contributed by atoms with Crippen LogP contribution < -0.4 is 0 Å². The van der Waals surface area contributed by atoms with Crippen LogP contribution in [0.4, 0.5) is 4.79 Å². The van der Waals surface area contributed by atoms with Crippen molar-refractivity contribution in [3.8, 4) is 0 Å². The Kier molecular flexibility index (Phi) is 3.08. The first-order valence-electron chi connectivity index (χ1n) is 4.05. The number of nitrogens with zero attached hydrogens (tertiary/aromatic N) is 1. The van der Waals surface area contributed by atoms with Crippen molar-refractivity contribution in [2.24, 2.45) is 0 Å². The van der Waals surface area contributed by atoms with Gasteiger partial charge < -0.3 is 9.84 Å². The average molecular weight is 186 g/mol. The first-order chi connectivity index (χ1) is 6.20. The lowest BCUT2D eigenvalue weighted by Gasteiger charge is -2.22. The second-order valence-corrected chi connectivity index (χ2v) is 2.81. The number of aliphatic hydroxyl groups excluding tert-OH is 1. The zero-order chi connectivity index (χ0) is 9.84. The topological polar surface area (TPSA) is 49.8 Å². The summed E-state index contributed by atoms with van der Waals surface area (Å²) in [7, 11) is 0. The smallest absolute Gasteiger partial charge is 0.410 e. The minimum Gasteiger partial charge on any atom is -0.447 e. The van der Waals surface area contributed by atoms with Crippen LogP contribution in [0.25, 0.3) is 0 Å². The third kappa shape index (κ3) is 1.89. The van der Waals surface area contributed by atoms with Gasteiger partial charge in [-0.15, -0.1) is 13.2 Å². The number of carbonyl (C=O) groups excluding carboxylic acids is 1. The molecule has 0 aromatic carbocycles. The minimum atomic E-state index is -0.744. The van der Waals surface area contributed by atoms with Crippen LogP contribution >= 0.6 is 0 Å². The van der Waals surface area contributed by atoms with Gasteiger partial charge in [0, 0.05) is 6.54 Å². The van der Waals surface area contributed by atoms with Crippen LogP contribution in [0.1, 0.15) is 0 Å². The van der Waals surface area contributed by atoms with E-state index >= 15 is 0 Å². The van der Waals surface area contributed by atoms with Crippen LogP contribution in [0.5, 0.6) is 0 Å². The maximum atomic E-state index is 11.1. The van der Waals surface area contributed by atoms with Gasteiger partial charge in [0.15, 0.2) is 0 Å². The first-order valence-corrected chi connectivity index (χ1v) is 4.05. The van der Waals surface area contributed by atoms with Crippen LogP contribution in [-0.2, 0) is 4.74 Å². The molecule has 0 aliphatic carbocycles. The molecule has 0 aromatic rings. The van der Waals surface area contributed by atoms with Crippen LogP contribution in [-0.4, -0.2) is 41.4 Å². The Morgan fingerprint density at radius 3 is 3.00 bits per heavy atom. The van der Waals surface area contributed by atoms with E-state index in [9.17, 15) is 9.90 Å². The number of aliphatic hydroxyl groups is 1. The molecule has 0 spiro atoms. The molecule has 2 atom stereocenters. The summed E-state index contributed by atoms with van der Waals surface area (Å²) >= 11 is 0. The molecule has 1 saturated heterocycles. The van der Waals surface area contributed by atoms with Crippen LogP contribution in [0.15, 0.2) is 25.3 Å². The van der Waals surface area contributed by atoms with Crippen molar-refractivity contribution in [3.05, 3.63) is 25.3 Å². The van der Waals surface area contributed by atoms with Crippen LogP contribution in [0.2, 0.25) is 0 Å². The zero-order valence-electron chi connectivity index (χ0n) is 7.35. The van der Waals surface area contributed by atoms with Gasteiger partial charge in [-0.1, -0.05) is 12.2 Å². The SMILES string of the molecule is C=CCN1C(=O)O[13CH2][13C@@H]1[13C@@H](O)C=C. The number of ether oxygens (including phenoxy) is 1. The van der Waals surface area contributed by atoms with Crippen LogP contribution in [0, 0.1) is 0 Å². The van der Waals surface area contributed by atoms with Gasteiger partial charge in [-0.2, -0.15) is 0 Å². The second-order valence-electron chi connectivity index (χ2n) is 2.81. The number of amides is 1. The Morgan fingerprint density at radius 2 is 2.46 bits per heavy atom. The lowest BCUT2D eigenvalue weighted by Crippen LogP contribution is -2.41. The fourth-order valence-electron chi connectivity index (χ4n) is 1.25. The molecule has 4 nitrogen and oxygen atoms in total. The van der Waals surface area contributed by atoms with Gasteiger partial charge in [0.1, 0.15) is 6.61 Å². The Morgan fingerprint density at radius 1 is 1.77 bits per heavy atom. The molecule has 0 radical (unpaired) electrons. The van der Waals surface area contributed by atoms with E-state index in [0.29, 0.717) is 6.54 Å². The van der Waals surface area contributed by atoms with Gasteiger partial charge in [-0.25, -0.2) is 4.79 Å². The summed E-state index contributed by atoms with van der Waals surface area (Å²) in [5.74, 6) is 0. The van der Waals surface area contributed by atoms with Crippen molar-refractivity contribution in [3.63, 3.8) is 0 Å². The molecular weight excluding hydrogens is 173 g/mol. The minimum absolute atomic E-state index is 0.208. The van der Waals surface area contributed by atoms with Crippen molar-refractivity contribution < 1.29 is 14.6 Å². The van der Waals surface area contributed by atoms with E-state index in [4.69, 9.17) is 4.74 Å². The quantitative estimate of drug-likeness (QED) is 0.515. The maximum absolute atomic E-state index is 11.1. The third-order valence-corrected chi connectivity index (χ3v) is 1.97. The van der Waals surface area contributed by atoms with E-state index in [2.05, 4.69) is 13.2 Å². The molecule has 1 fully saturated rings. The van der Waals surface area contributed by atoms with Crippen molar-refractivity contribution in [2.45, 2.75) is 12.1 Å². The van der Waals surface area contributed by atoms with Gasteiger partial charge >= 0.3 is 6.09 Å². The lowest BCUT2D eigenvalue weighted by atomic mass is 10.6. The molecule has 4 heteroatoms. The van der Waals surface area contributed by atoms with Crippen molar-refractivity contribution in [1.29, 1.82) is 0 Å². The van der Waals surface area contributed by atoms with Gasteiger partial charge in [-0.3, -0.25) is 4.90 Å². The fraction of sp³-hybridized carbons (Fsp3) is 0.444. The molecule has 1 rings (SSSR count). The highest BCUT2D eigenvalue weighted by molar-refractivity contribution is 5.70. The van der Waals surface area contributed by atoms with Gasteiger partial charge in [0.2, 0.25) is 0 Å². The normalized spacial score (nSPS) is 23.9. The van der Waals surface area contributed by atoms with E-state index in [1.165, 1.54) is 11.0 Å². The van der Waals surface area contributed by atoms with Gasteiger partial charge in [0.25, 0.3) is 0 Å². The lowest BCUT2D eigenvalue weighted by molar-refractivity contribution is 0.127. The number of hydrogen-bond donors (Lipinski definition) is 1. The Balaban J connectivity index is 2.68. The van der Waals surface area contributed by atoms with E-state index in [0.717, 1.165) is 0 Å². The van der Waals surface area contributed by atoms with Gasteiger partial charge in [-0.05, 0) is 0 Å². The molecule has 72 valence electrons. The number of carbonyl (C=O) groups is 1. The molecule has 1 aliphatic rings. The molecule has 13 heavy (non-hydrogen) atoms. The predicted molar refractivity (Wildman–Crippen MR) is 48.2 cm³/mol. The van der Waals surface area contributed by atoms with E-state index in [1.54, 1.807) is 6.08 Å². The van der Waals surface area contributed by atoms with Crippen molar-refractivity contribution >= 4 is 6.09 Å². The Bertz CT molecular complexity index is 227. The molecule has 0 aromatic heterocycles. The summed E-state index contributed by atoms with van der Waals surface area (Å²) in [5.41, 5.74) is 0. The molecule has 0 unspecified atom stereocenters. The summed E-state index contributed by atoms with van der Waals surface area (Å²) in [4.78, 5) is 12.5. The van der Waals surface area contributed by atoms with Crippen molar-refractivity contribution in [1.82, 2.24) is 4.90 Å². The van der Waals surface area contributed by atoms with E-state index in [1.807, 2.05) is 0 Å². The Hall–Kier alpha value is -1.29. The summed E-state index contributed by atoms with van der Waals surface area (Å²) in [6.07, 6.45) is 1.83. The molecule has 0 bridgehead atoms. The molecule has 1 aliphatic heterocycles. The highest BCUT2D eigenvalue weighted by atomic mass is 16.6. The van der Waals surface area contributed by atoms with Gasteiger partial charge in [0.05, 0.1) is 12.1 Å². The largest absolute Gasteiger partial charge is 0.447 e. The summed E-state index contributed by atoms with van der Waals surface area (Å²) < 4.78 is 4.79. The Labute approximate surface area is 77.1 Å². The maximum Gasteiger partial charge on any atom is 0.410 e. The average Bonchev–Trinajstić information content (AvgIpc) is 2.48. The summed E-state index contributed by atoms with van der Waals surface area (Å²) in [6, 6.07) is -0.331. The monoisotopic (exact) mass is 186 g/mol. The standard InChI is InChI=1S/C9H13NO3/c1-3-5-10-7(8(11)4-2)6-13-9(10)12/h3-4,7-8,11H,1-2,5-6H2/t7-,8+/m1/s1/i6+1,7+1,8+1. The third-order valence-electron chi connectivity index (χ3n) is 1.97. The van der Waals surface area contributed by atoms with Crippen LogP contribution in [0.3, 0.4) is 0 Å². The molecule has 1 amide bonds. The molecule has 0 saturated carbocycles. The van der Waals surface area contributed by atoms with E-state index in [-0.39, 0.29) is 12.6 Å². The fourth-order valence-corrected chi connectivity index (χ4v) is 1.25. The molecular formula is C9H13NO3. The van der Waals surface area contributed by atoms with E-state index < -0.39 is 12.2 Å². The van der Waals surface area contributed by atoms with Crippen molar-refractivity contribution in [2.75, 3.05) is 13.2 Å². The summed E-state index contributed by atoms with van der Waals surface area (Å²) in [6.45, 7) is 7.57. The predicted octanol–water partition coefficient (Wildman–Crippen LogP) is 0.540. The highest BCUT2D eigenvalue weighted by Crippen LogP contribution is 2.15. The second kappa shape index (κ2) is 4.09. The molecule has 1 N–H and O–H groups in total. The zero-order valence-corrected chi connectivity index (χ0v) is 7.35. The highest BCUT2D eigenvalue weighted by Gasteiger charge is 2.35. The number of cyclic esters (lactones) is 1. The summed E-state index contributed by atoms with van der Waals surface area (Å²) in [5, 5.41) is 9.45. The molecule has 1 heterocycles. The number of rotatable bonds is 4. The first kappa shape index (κ1) is 9.80. The number of hydrogen-bond acceptors (Lipinski definition) is 3.